The summed E-state index contributed by atoms with van der Waals surface area (Å²) in [7, 11) is -3.90. The summed E-state index contributed by atoms with van der Waals surface area (Å²) >= 11 is 0. The molecule has 0 saturated heterocycles. The van der Waals surface area contributed by atoms with Gasteiger partial charge in [0.2, 0.25) is 0 Å². The van der Waals surface area contributed by atoms with Gasteiger partial charge in [-0.3, -0.25) is 0 Å². The van der Waals surface area contributed by atoms with Crippen molar-refractivity contribution in [2.75, 3.05) is 13.2 Å². The van der Waals surface area contributed by atoms with E-state index in [4.69, 9.17) is 8.37 Å². The summed E-state index contributed by atoms with van der Waals surface area (Å²) in [5.74, 6) is 0.629. The molecular weight excluding hydrogens is 408 g/mol. The largest absolute Gasteiger partial charge is 0.399 e. The Kier molecular flexibility index (Phi) is 21.6. The van der Waals surface area contributed by atoms with Crippen LogP contribution in [0.15, 0.2) is 0 Å². The lowest BCUT2D eigenvalue weighted by atomic mass is 9.96. The quantitative estimate of drug-likeness (QED) is 0.135. The minimum absolute atomic E-state index is 0.271. The van der Waals surface area contributed by atoms with Crippen LogP contribution >= 0.6 is 0 Å². The molecular formula is C26H54O4S. The highest BCUT2D eigenvalue weighted by molar-refractivity contribution is 7.81. The van der Waals surface area contributed by atoms with E-state index in [1.807, 2.05) is 0 Å². The van der Waals surface area contributed by atoms with Crippen LogP contribution in [0.5, 0.6) is 0 Å². The van der Waals surface area contributed by atoms with E-state index in [-0.39, 0.29) is 13.2 Å². The Balaban J connectivity index is 4.40. The summed E-state index contributed by atoms with van der Waals surface area (Å²) in [4.78, 5) is 0. The molecule has 0 N–H and O–H groups in total. The normalized spacial score (nSPS) is 14.1. The van der Waals surface area contributed by atoms with Gasteiger partial charge in [-0.05, 0) is 37.5 Å². The van der Waals surface area contributed by atoms with Crippen LogP contribution in [0.1, 0.15) is 143 Å². The Hall–Kier alpha value is -0.130. The van der Waals surface area contributed by atoms with Crippen molar-refractivity contribution in [1.82, 2.24) is 0 Å². The fourth-order valence-corrected chi connectivity index (χ4v) is 4.86. The van der Waals surface area contributed by atoms with Crippen molar-refractivity contribution < 1.29 is 16.8 Å². The summed E-state index contributed by atoms with van der Waals surface area (Å²) in [6.07, 6.45) is 21.1. The third-order valence-corrected chi connectivity index (χ3v) is 7.11. The highest BCUT2D eigenvalue weighted by Gasteiger charge is 2.19. The Morgan fingerprint density at radius 3 is 1.16 bits per heavy atom. The zero-order valence-electron chi connectivity index (χ0n) is 21.3. The minimum atomic E-state index is -3.90. The van der Waals surface area contributed by atoms with Gasteiger partial charge in [0.15, 0.2) is 0 Å². The molecule has 2 unspecified atom stereocenters. The summed E-state index contributed by atoms with van der Waals surface area (Å²) < 4.78 is 35.4. The zero-order valence-corrected chi connectivity index (χ0v) is 22.2. The van der Waals surface area contributed by atoms with Crippen LogP contribution < -0.4 is 0 Å². The number of hydrogen-bond acceptors (Lipinski definition) is 4. The van der Waals surface area contributed by atoms with Gasteiger partial charge in [-0.15, -0.1) is 0 Å². The maximum absolute atomic E-state index is 12.4. The molecule has 5 heteroatoms. The number of hydrogen-bond donors (Lipinski definition) is 0. The molecule has 0 aromatic rings. The summed E-state index contributed by atoms with van der Waals surface area (Å²) in [6, 6.07) is 0. The summed E-state index contributed by atoms with van der Waals surface area (Å²) in [5, 5.41) is 0. The molecule has 31 heavy (non-hydrogen) atoms. The Labute approximate surface area is 195 Å². The van der Waals surface area contributed by atoms with Crippen LogP contribution in [-0.2, 0) is 18.8 Å². The molecule has 0 radical (unpaired) electrons. The monoisotopic (exact) mass is 462 g/mol. The van der Waals surface area contributed by atoms with Crippen LogP contribution in [0.25, 0.3) is 0 Å². The van der Waals surface area contributed by atoms with Gasteiger partial charge in [-0.1, -0.05) is 118 Å². The van der Waals surface area contributed by atoms with Gasteiger partial charge in [0.1, 0.15) is 0 Å². The van der Waals surface area contributed by atoms with Crippen LogP contribution in [0.3, 0.4) is 0 Å². The van der Waals surface area contributed by atoms with Crippen LogP contribution in [-0.4, -0.2) is 21.6 Å². The van der Waals surface area contributed by atoms with E-state index in [1.165, 1.54) is 51.4 Å². The van der Waals surface area contributed by atoms with Crippen LogP contribution in [0.2, 0.25) is 0 Å². The molecule has 0 spiro atoms. The molecule has 0 bridgehead atoms. The minimum Gasteiger partial charge on any atom is -0.248 e. The maximum atomic E-state index is 12.4. The first-order valence-corrected chi connectivity index (χ1v) is 14.9. The standard InChI is InChI=1S/C26H54O4S/c1-5-9-13-15-17-21-25(19-11-7-3)23-29-31(27,28)30-24-26(20-12-8-4)22-18-16-14-10-6-2/h25-26H,5-24H2,1-4H3. The molecule has 0 rings (SSSR count). The average Bonchev–Trinajstić information content (AvgIpc) is 2.76. The maximum Gasteiger partial charge on any atom is 0.399 e. The highest BCUT2D eigenvalue weighted by atomic mass is 32.3. The van der Waals surface area contributed by atoms with Crippen molar-refractivity contribution >= 4 is 10.4 Å². The van der Waals surface area contributed by atoms with Gasteiger partial charge < -0.3 is 0 Å². The predicted octanol–water partition coefficient (Wildman–Crippen LogP) is 8.60. The van der Waals surface area contributed by atoms with E-state index in [0.717, 1.165) is 64.2 Å². The van der Waals surface area contributed by atoms with Crippen LogP contribution in [0, 0.1) is 11.8 Å². The molecule has 2 atom stereocenters. The third-order valence-electron chi connectivity index (χ3n) is 6.26. The Morgan fingerprint density at radius 1 is 0.484 bits per heavy atom. The smallest absolute Gasteiger partial charge is 0.248 e. The summed E-state index contributed by atoms with van der Waals surface area (Å²) in [5.41, 5.74) is 0. The van der Waals surface area contributed by atoms with Gasteiger partial charge in [0.25, 0.3) is 0 Å². The number of rotatable bonds is 24. The van der Waals surface area contributed by atoms with E-state index in [9.17, 15) is 8.42 Å². The summed E-state index contributed by atoms with van der Waals surface area (Å²) in [6.45, 7) is 9.35. The first-order valence-electron chi connectivity index (χ1n) is 13.5. The lowest BCUT2D eigenvalue weighted by Crippen LogP contribution is -2.20. The van der Waals surface area contributed by atoms with Crippen molar-refractivity contribution in [3.05, 3.63) is 0 Å². The highest BCUT2D eigenvalue weighted by Crippen LogP contribution is 2.21. The molecule has 4 nitrogen and oxygen atoms in total. The molecule has 0 fully saturated rings. The second-order valence-corrected chi connectivity index (χ2v) is 10.7. The van der Waals surface area contributed by atoms with E-state index in [2.05, 4.69) is 27.7 Å². The molecule has 0 aliphatic heterocycles. The lowest BCUT2D eigenvalue weighted by Gasteiger charge is -2.19. The van der Waals surface area contributed by atoms with Crippen molar-refractivity contribution in [3.63, 3.8) is 0 Å². The van der Waals surface area contributed by atoms with Gasteiger partial charge in [-0.25, -0.2) is 8.37 Å². The molecule has 0 aliphatic carbocycles. The molecule has 0 heterocycles. The lowest BCUT2D eigenvalue weighted by molar-refractivity contribution is 0.155. The van der Waals surface area contributed by atoms with E-state index < -0.39 is 10.4 Å². The molecule has 0 aromatic heterocycles. The van der Waals surface area contributed by atoms with Gasteiger partial charge >= 0.3 is 10.4 Å². The fraction of sp³-hybridized carbons (Fsp3) is 1.00. The van der Waals surface area contributed by atoms with Gasteiger partial charge in [0.05, 0.1) is 13.2 Å². The number of unbranched alkanes of at least 4 members (excludes halogenated alkanes) is 10. The fourth-order valence-electron chi connectivity index (χ4n) is 4.07. The van der Waals surface area contributed by atoms with Crippen molar-refractivity contribution in [2.24, 2.45) is 11.8 Å². The topological polar surface area (TPSA) is 52.6 Å². The molecule has 0 aliphatic rings. The van der Waals surface area contributed by atoms with E-state index in [1.54, 1.807) is 0 Å². The van der Waals surface area contributed by atoms with Gasteiger partial charge in [-0.2, -0.15) is 8.42 Å². The van der Waals surface area contributed by atoms with Gasteiger partial charge in [0, 0.05) is 0 Å². The molecule has 188 valence electrons. The van der Waals surface area contributed by atoms with Crippen molar-refractivity contribution in [1.29, 1.82) is 0 Å². The molecule has 0 amide bonds. The third kappa shape index (κ3) is 20.2. The Morgan fingerprint density at radius 2 is 0.806 bits per heavy atom. The average molecular weight is 463 g/mol. The Bertz CT molecular complexity index is 428. The van der Waals surface area contributed by atoms with Crippen molar-refractivity contribution in [2.45, 2.75) is 143 Å². The first-order chi connectivity index (χ1) is 15.0. The van der Waals surface area contributed by atoms with Crippen LogP contribution in [0.4, 0.5) is 0 Å². The zero-order chi connectivity index (χ0) is 23.2. The second-order valence-electron chi connectivity index (χ2n) is 9.40. The van der Waals surface area contributed by atoms with Crippen molar-refractivity contribution in [3.8, 4) is 0 Å². The predicted molar refractivity (Wildman–Crippen MR) is 134 cm³/mol. The molecule has 0 saturated carbocycles. The molecule has 0 aromatic carbocycles. The second kappa shape index (κ2) is 21.7. The SMILES string of the molecule is CCCCCCCC(CCCC)COS(=O)(=O)OCC(CCCC)CCCCCCC. The first kappa shape index (κ1) is 30.9. The van der Waals surface area contributed by atoms with E-state index in [0.29, 0.717) is 11.8 Å². The van der Waals surface area contributed by atoms with E-state index >= 15 is 0 Å².